The largest absolute Gasteiger partial charge is 0.506 e. The summed E-state index contributed by atoms with van der Waals surface area (Å²) >= 11 is 5.77. The molecule has 0 radical (unpaired) electrons. The molecule has 8 nitrogen and oxygen atoms in total. The van der Waals surface area contributed by atoms with E-state index in [4.69, 9.17) is 11.6 Å². The molecule has 0 fully saturated rings. The third-order valence-electron chi connectivity index (χ3n) is 3.11. The van der Waals surface area contributed by atoms with Crippen LogP contribution in [0.15, 0.2) is 30.6 Å². The van der Waals surface area contributed by atoms with E-state index in [-0.39, 0.29) is 16.5 Å². The molecule has 0 atom stereocenters. The van der Waals surface area contributed by atoms with E-state index in [0.717, 1.165) is 6.20 Å². The van der Waals surface area contributed by atoms with Gasteiger partial charge in [-0.05, 0) is 32.0 Å². The molecule has 0 unspecified atom stereocenters. The minimum Gasteiger partial charge on any atom is -0.506 e. The topological polar surface area (TPSA) is 110 Å². The number of phenolic OH excluding ortho intramolecular Hbond substituents is 1. The standard InChI is InChI=1S/C13H13ClN4O4/c1-13(2,17-7-9(6-15-17)18(21)22)12(20)16-8-3-4-11(19)10(14)5-8/h3-7,19H,1-2H3,(H,16,20). The summed E-state index contributed by atoms with van der Waals surface area (Å²) in [4.78, 5) is 22.5. The van der Waals surface area contributed by atoms with E-state index >= 15 is 0 Å². The van der Waals surface area contributed by atoms with Gasteiger partial charge < -0.3 is 10.4 Å². The Hall–Kier alpha value is -2.61. The molecule has 2 N–H and O–H groups in total. The van der Waals surface area contributed by atoms with E-state index < -0.39 is 16.4 Å². The van der Waals surface area contributed by atoms with Crippen LogP contribution in [0.2, 0.25) is 5.02 Å². The number of carbonyl (C=O) groups excluding carboxylic acids is 1. The van der Waals surface area contributed by atoms with Gasteiger partial charge >= 0.3 is 5.69 Å². The minimum atomic E-state index is -1.15. The van der Waals surface area contributed by atoms with Crippen molar-refractivity contribution >= 4 is 28.9 Å². The molecular formula is C13H13ClN4O4. The van der Waals surface area contributed by atoms with Crippen molar-refractivity contribution in [3.8, 4) is 5.75 Å². The predicted octanol–water partition coefficient (Wildman–Crippen LogP) is 2.52. The molecule has 0 spiro atoms. The number of nitrogens with zero attached hydrogens (tertiary/aromatic N) is 3. The lowest BCUT2D eigenvalue weighted by Gasteiger charge is -2.23. The molecule has 2 rings (SSSR count). The van der Waals surface area contributed by atoms with Crippen molar-refractivity contribution in [2.24, 2.45) is 0 Å². The Balaban J connectivity index is 2.22. The maximum atomic E-state index is 12.4. The molecule has 2 aromatic rings. The van der Waals surface area contributed by atoms with Gasteiger partial charge in [-0.3, -0.25) is 19.6 Å². The Bertz CT molecular complexity index is 741. The molecule has 116 valence electrons. The zero-order valence-electron chi connectivity index (χ0n) is 11.8. The van der Waals surface area contributed by atoms with Gasteiger partial charge in [0, 0.05) is 5.69 Å². The van der Waals surface area contributed by atoms with Crippen molar-refractivity contribution in [2.45, 2.75) is 19.4 Å². The van der Waals surface area contributed by atoms with Crippen LogP contribution in [0.1, 0.15) is 13.8 Å². The number of aromatic nitrogens is 2. The summed E-state index contributed by atoms with van der Waals surface area (Å²) < 4.78 is 1.21. The van der Waals surface area contributed by atoms with E-state index in [1.165, 1.54) is 29.1 Å². The summed E-state index contributed by atoms with van der Waals surface area (Å²) in [6, 6.07) is 4.24. The lowest BCUT2D eigenvalue weighted by Crippen LogP contribution is -2.40. The maximum Gasteiger partial charge on any atom is 0.307 e. The summed E-state index contributed by atoms with van der Waals surface area (Å²) in [5, 5.41) is 26.6. The van der Waals surface area contributed by atoms with Crippen LogP contribution >= 0.6 is 11.6 Å². The van der Waals surface area contributed by atoms with Crippen LogP contribution in [-0.2, 0) is 10.3 Å². The number of halogens is 1. The number of benzene rings is 1. The number of aromatic hydroxyl groups is 1. The molecule has 1 heterocycles. The summed E-state index contributed by atoms with van der Waals surface area (Å²) in [5.74, 6) is -0.533. The Morgan fingerprint density at radius 3 is 2.73 bits per heavy atom. The quantitative estimate of drug-likeness (QED) is 0.510. The summed E-state index contributed by atoms with van der Waals surface area (Å²) in [7, 11) is 0. The van der Waals surface area contributed by atoms with Gasteiger partial charge in [0.25, 0.3) is 5.91 Å². The van der Waals surface area contributed by atoms with Gasteiger partial charge in [0.05, 0.1) is 9.95 Å². The van der Waals surface area contributed by atoms with E-state index in [2.05, 4.69) is 10.4 Å². The van der Waals surface area contributed by atoms with Gasteiger partial charge in [0.1, 0.15) is 23.7 Å². The fourth-order valence-corrected chi connectivity index (χ4v) is 1.87. The highest BCUT2D eigenvalue weighted by Gasteiger charge is 2.32. The number of hydrogen-bond donors (Lipinski definition) is 2. The zero-order chi connectivity index (χ0) is 16.5. The van der Waals surface area contributed by atoms with Gasteiger partial charge in [-0.1, -0.05) is 11.6 Å². The predicted molar refractivity (Wildman–Crippen MR) is 79.9 cm³/mol. The van der Waals surface area contributed by atoms with E-state index in [1.807, 2.05) is 0 Å². The minimum absolute atomic E-state index is 0.0957. The van der Waals surface area contributed by atoms with E-state index in [0.29, 0.717) is 5.69 Å². The first kappa shape index (κ1) is 15.8. The first-order chi connectivity index (χ1) is 10.2. The molecule has 0 bridgehead atoms. The molecule has 22 heavy (non-hydrogen) atoms. The number of anilines is 1. The lowest BCUT2D eigenvalue weighted by molar-refractivity contribution is -0.385. The Morgan fingerprint density at radius 1 is 1.50 bits per heavy atom. The fraction of sp³-hybridized carbons (Fsp3) is 0.231. The first-order valence-electron chi connectivity index (χ1n) is 6.21. The maximum absolute atomic E-state index is 12.4. The molecule has 1 amide bonds. The number of carbonyl (C=O) groups is 1. The van der Waals surface area contributed by atoms with E-state index in [1.54, 1.807) is 13.8 Å². The molecule has 1 aromatic carbocycles. The summed E-state index contributed by atoms with van der Waals surface area (Å²) in [6.45, 7) is 3.14. The van der Waals surface area contributed by atoms with Crippen molar-refractivity contribution in [1.82, 2.24) is 9.78 Å². The molecule has 9 heteroatoms. The highest BCUT2D eigenvalue weighted by Crippen LogP contribution is 2.27. The third-order valence-corrected chi connectivity index (χ3v) is 3.42. The van der Waals surface area contributed by atoms with Crippen LogP contribution in [0.4, 0.5) is 11.4 Å². The van der Waals surface area contributed by atoms with Crippen molar-refractivity contribution in [3.05, 3.63) is 45.7 Å². The normalized spacial score (nSPS) is 11.2. The fourth-order valence-electron chi connectivity index (χ4n) is 1.69. The number of rotatable bonds is 4. The van der Waals surface area contributed by atoms with Crippen LogP contribution in [0.25, 0.3) is 0 Å². The van der Waals surface area contributed by atoms with Gasteiger partial charge in [0.2, 0.25) is 0 Å². The average molecular weight is 325 g/mol. The smallest absolute Gasteiger partial charge is 0.307 e. The number of nitrogens with one attached hydrogen (secondary N) is 1. The van der Waals surface area contributed by atoms with Gasteiger partial charge in [-0.2, -0.15) is 5.10 Å². The Labute approximate surface area is 130 Å². The Morgan fingerprint density at radius 2 is 2.18 bits per heavy atom. The van der Waals surface area contributed by atoms with Crippen LogP contribution < -0.4 is 5.32 Å². The molecule has 0 aliphatic carbocycles. The van der Waals surface area contributed by atoms with Crippen LogP contribution in [0.5, 0.6) is 5.75 Å². The second kappa shape index (κ2) is 5.64. The lowest BCUT2D eigenvalue weighted by atomic mass is 10.0. The Kier molecular flexibility index (Phi) is 4.05. The number of phenols is 1. The van der Waals surface area contributed by atoms with Crippen molar-refractivity contribution in [1.29, 1.82) is 0 Å². The van der Waals surface area contributed by atoms with Crippen molar-refractivity contribution in [2.75, 3.05) is 5.32 Å². The van der Waals surface area contributed by atoms with Crippen molar-refractivity contribution in [3.63, 3.8) is 0 Å². The number of hydrogen-bond acceptors (Lipinski definition) is 5. The van der Waals surface area contributed by atoms with Gasteiger partial charge in [0.15, 0.2) is 0 Å². The van der Waals surface area contributed by atoms with E-state index in [9.17, 15) is 20.0 Å². The summed E-state index contributed by atoms with van der Waals surface area (Å²) in [5.41, 5.74) is -0.963. The SMILES string of the molecule is CC(C)(C(=O)Nc1ccc(O)c(Cl)c1)n1cc([N+](=O)[O-])cn1. The van der Waals surface area contributed by atoms with Crippen LogP contribution in [0, 0.1) is 10.1 Å². The monoisotopic (exact) mass is 324 g/mol. The number of amides is 1. The second-order valence-electron chi connectivity index (χ2n) is 5.08. The highest BCUT2D eigenvalue weighted by atomic mass is 35.5. The molecule has 1 aromatic heterocycles. The number of nitro groups is 1. The third kappa shape index (κ3) is 3.01. The van der Waals surface area contributed by atoms with Crippen molar-refractivity contribution < 1.29 is 14.8 Å². The second-order valence-corrected chi connectivity index (χ2v) is 5.49. The molecule has 0 saturated carbocycles. The van der Waals surface area contributed by atoms with Crippen LogP contribution in [-0.4, -0.2) is 25.7 Å². The highest BCUT2D eigenvalue weighted by molar-refractivity contribution is 6.32. The average Bonchev–Trinajstić information content (AvgIpc) is 2.93. The summed E-state index contributed by atoms with van der Waals surface area (Å²) in [6.07, 6.45) is 2.26. The zero-order valence-corrected chi connectivity index (χ0v) is 12.5. The molecule has 0 aliphatic heterocycles. The first-order valence-corrected chi connectivity index (χ1v) is 6.59. The molecule has 0 saturated heterocycles. The van der Waals surface area contributed by atoms with Gasteiger partial charge in [-0.25, -0.2) is 0 Å². The molecule has 0 aliphatic rings. The van der Waals surface area contributed by atoms with Gasteiger partial charge in [-0.15, -0.1) is 0 Å². The molecular weight excluding hydrogens is 312 g/mol. The van der Waals surface area contributed by atoms with Crippen LogP contribution in [0.3, 0.4) is 0 Å².